The maximum absolute atomic E-state index is 13.4. The summed E-state index contributed by atoms with van der Waals surface area (Å²) in [6, 6.07) is 9.77. The minimum absolute atomic E-state index is 0.0199. The molecule has 8 nitrogen and oxygen atoms in total. The standard InChI is InChI=1S/C27H29NO7/c1-15-12-17-13-16(9-10-20(17)35-15)24(29)22-23(19-7-4-8-21(32-2)26(19)33-3)28(27(31)25(22)30)14-18-6-5-11-34-18/h4,7-10,13,15,18,23,29H,5-6,11-12,14H2,1-3H3/b24-22+. The highest BCUT2D eigenvalue weighted by Crippen LogP contribution is 2.46. The van der Waals surface area contributed by atoms with Gasteiger partial charge < -0.3 is 29.0 Å². The quantitative estimate of drug-likeness (QED) is 0.384. The van der Waals surface area contributed by atoms with Crippen LogP contribution in [0.2, 0.25) is 0 Å². The lowest BCUT2D eigenvalue weighted by atomic mass is 9.93. The summed E-state index contributed by atoms with van der Waals surface area (Å²) in [5.41, 5.74) is 1.99. The summed E-state index contributed by atoms with van der Waals surface area (Å²) in [4.78, 5) is 28.2. The van der Waals surface area contributed by atoms with Crippen LogP contribution in [0.1, 0.15) is 42.5 Å². The van der Waals surface area contributed by atoms with Gasteiger partial charge in [0, 0.05) is 30.7 Å². The zero-order valence-electron chi connectivity index (χ0n) is 20.1. The Labute approximate surface area is 204 Å². The number of benzene rings is 2. The van der Waals surface area contributed by atoms with Crippen LogP contribution in [0, 0.1) is 0 Å². The van der Waals surface area contributed by atoms with Crippen molar-refractivity contribution in [2.75, 3.05) is 27.4 Å². The number of fused-ring (bicyclic) bond motifs is 1. The molecule has 0 radical (unpaired) electrons. The first-order valence-corrected chi connectivity index (χ1v) is 11.8. The minimum atomic E-state index is -0.854. The number of hydrogen-bond acceptors (Lipinski definition) is 7. The maximum Gasteiger partial charge on any atom is 0.295 e. The van der Waals surface area contributed by atoms with Crippen molar-refractivity contribution in [3.63, 3.8) is 0 Å². The Kier molecular flexibility index (Phi) is 6.15. The van der Waals surface area contributed by atoms with Gasteiger partial charge in [-0.1, -0.05) is 12.1 Å². The molecule has 2 fully saturated rings. The molecule has 3 unspecified atom stereocenters. The Morgan fingerprint density at radius 2 is 2.00 bits per heavy atom. The molecule has 8 heteroatoms. The number of hydrogen-bond donors (Lipinski definition) is 1. The summed E-state index contributed by atoms with van der Waals surface area (Å²) in [6.07, 6.45) is 2.27. The molecule has 1 N–H and O–H groups in total. The number of likely N-dealkylation sites (tertiary alicyclic amines) is 1. The van der Waals surface area contributed by atoms with Crippen LogP contribution in [0.4, 0.5) is 0 Å². The Morgan fingerprint density at radius 3 is 2.71 bits per heavy atom. The fourth-order valence-electron chi connectivity index (χ4n) is 5.25. The van der Waals surface area contributed by atoms with E-state index in [1.807, 2.05) is 13.0 Å². The van der Waals surface area contributed by atoms with Gasteiger partial charge in [-0.3, -0.25) is 9.59 Å². The van der Waals surface area contributed by atoms with Gasteiger partial charge in [0.25, 0.3) is 11.7 Å². The number of rotatable bonds is 6. The molecule has 1 amide bonds. The van der Waals surface area contributed by atoms with Crippen molar-refractivity contribution in [1.82, 2.24) is 4.90 Å². The van der Waals surface area contributed by atoms with Crippen molar-refractivity contribution in [3.8, 4) is 17.2 Å². The summed E-state index contributed by atoms with van der Waals surface area (Å²) in [5, 5.41) is 11.4. The molecule has 0 aliphatic carbocycles. The van der Waals surface area contributed by atoms with Crippen molar-refractivity contribution in [2.45, 2.75) is 44.4 Å². The van der Waals surface area contributed by atoms with E-state index in [9.17, 15) is 14.7 Å². The smallest absolute Gasteiger partial charge is 0.295 e. The highest BCUT2D eigenvalue weighted by molar-refractivity contribution is 6.46. The third-order valence-corrected chi connectivity index (χ3v) is 6.86. The van der Waals surface area contributed by atoms with E-state index >= 15 is 0 Å². The normalized spacial score (nSPS) is 25.0. The van der Waals surface area contributed by atoms with E-state index in [-0.39, 0.29) is 30.1 Å². The number of carbonyl (C=O) groups excluding carboxylic acids is 2. The van der Waals surface area contributed by atoms with Crippen molar-refractivity contribution in [2.24, 2.45) is 0 Å². The molecular weight excluding hydrogens is 450 g/mol. The molecule has 2 aromatic rings. The number of ether oxygens (including phenoxy) is 4. The van der Waals surface area contributed by atoms with Crippen molar-refractivity contribution < 1.29 is 33.6 Å². The van der Waals surface area contributed by atoms with E-state index in [2.05, 4.69) is 0 Å². The largest absolute Gasteiger partial charge is 0.507 e. The van der Waals surface area contributed by atoms with Gasteiger partial charge in [-0.2, -0.15) is 0 Å². The minimum Gasteiger partial charge on any atom is -0.507 e. The van der Waals surface area contributed by atoms with Gasteiger partial charge in [0.1, 0.15) is 17.6 Å². The number of Topliss-reactive ketones (excluding diaryl/α,β-unsaturated/α-hetero) is 1. The van der Waals surface area contributed by atoms with Crippen LogP contribution in [0.3, 0.4) is 0 Å². The van der Waals surface area contributed by atoms with Crippen molar-refractivity contribution in [1.29, 1.82) is 0 Å². The molecule has 0 aromatic heterocycles. The molecule has 2 aromatic carbocycles. The highest BCUT2D eigenvalue weighted by atomic mass is 16.5. The zero-order valence-corrected chi connectivity index (χ0v) is 20.1. The van der Waals surface area contributed by atoms with Crippen LogP contribution >= 0.6 is 0 Å². The van der Waals surface area contributed by atoms with Crippen molar-refractivity contribution >= 4 is 17.4 Å². The second-order valence-corrected chi connectivity index (χ2v) is 9.12. The van der Waals surface area contributed by atoms with Crippen LogP contribution in [0.25, 0.3) is 5.76 Å². The molecule has 5 rings (SSSR count). The van der Waals surface area contributed by atoms with E-state index in [0.717, 1.165) is 24.2 Å². The molecule has 3 atom stereocenters. The molecular formula is C27H29NO7. The lowest BCUT2D eigenvalue weighted by Gasteiger charge is -2.29. The summed E-state index contributed by atoms with van der Waals surface area (Å²) in [7, 11) is 3.04. The van der Waals surface area contributed by atoms with Crippen LogP contribution in [-0.4, -0.2) is 61.3 Å². The monoisotopic (exact) mass is 479 g/mol. The van der Waals surface area contributed by atoms with Gasteiger partial charge in [-0.15, -0.1) is 0 Å². The SMILES string of the molecule is COc1cccc(C2/C(=C(\O)c3ccc4c(c3)CC(C)O4)C(=O)C(=O)N2CC2CCCO2)c1OC. The maximum atomic E-state index is 13.4. The molecule has 3 aliphatic rings. The average Bonchev–Trinajstić information content (AvgIpc) is 3.57. The Balaban J connectivity index is 1.66. The third kappa shape index (κ3) is 4.01. The number of para-hydroxylation sites is 1. The lowest BCUT2D eigenvalue weighted by molar-refractivity contribution is -0.140. The number of nitrogens with zero attached hydrogens (tertiary/aromatic N) is 1. The Bertz CT molecular complexity index is 1200. The summed E-state index contributed by atoms with van der Waals surface area (Å²) < 4.78 is 22.7. The van der Waals surface area contributed by atoms with Gasteiger partial charge in [-0.05, 0) is 49.6 Å². The third-order valence-electron chi connectivity index (χ3n) is 6.86. The summed E-state index contributed by atoms with van der Waals surface area (Å²) in [5.74, 6) is 0.00234. The van der Waals surface area contributed by atoms with E-state index in [4.69, 9.17) is 18.9 Å². The van der Waals surface area contributed by atoms with Crippen molar-refractivity contribution in [3.05, 3.63) is 58.7 Å². The molecule has 2 saturated heterocycles. The van der Waals surface area contributed by atoms with E-state index in [1.165, 1.54) is 19.1 Å². The predicted octanol–water partition coefficient (Wildman–Crippen LogP) is 3.63. The predicted molar refractivity (Wildman–Crippen MR) is 128 cm³/mol. The van der Waals surface area contributed by atoms with Crippen LogP contribution < -0.4 is 14.2 Å². The summed E-state index contributed by atoms with van der Waals surface area (Å²) in [6.45, 7) is 2.84. The first kappa shape index (κ1) is 23.2. The number of aliphatic hydroxyl groups is 1. The molecule has 0 spiro atoms. The number of carbonyl (C=O) groups is 2. The number of aliphatic hydroxyl groups excluding tert-OH is 1. The molecule has 3 aliphatic heterocycles. The Hall–Kier alpha value is -3.52. The van der Waals surface area contributed by atoms with Crippen LogP contribution in [-0.2, 0) is 20.7 Å². The van der Waals surface area contributed by atoms with Gasteiger partial charge in [0.05, 0.1) is 31.9 Å². The number of ketones is 1. The van der Waals surface area contributed by atoms with E-state index in [1.54, 1.807) is 30.3 Å². The molecule has 184 valence electrons. The Morgan fingerprint density at radius 1 is 1.17 bits per heavy atom. The second-order valence-electron chi connectivity index (χ2n) is 9.12. The topological polar surface area (TPSA) is 94.5 Å². The average molecular weight is 480 g/mol. The zero-order chi connectivity index (χ0) is 24.7. The molecule has 35 heavy (non-hydrogen) atoms. The molecule has 0 bridgehead atoms. The van der Waals surface area contributed by atoms with Gasteiger partial charge in [-0.25, -0.2) is 0 Å². The first-order chi connectivity index (χ1) is 16.9. The number of amides is 1. The fraction of sp³-hybridized carbons (Fsp3) is 0.407. The lowest BCUT2D eigenvalue weighted by Crippen LogP contribution is -2.36. The summed E-state index contributed by atoms with van der Waals surface area (Å²) >= 11 is 0. The molecule has 3 heterocycles. The fourth-order valence-corrected chi connectivity index (χ4v) is 5.25. The first-order valence-electron chi connectivity index (χ1n) is 11.8. The van der Waals surface area contributed by atoms with E-state index < -0.39 is 17.7 Å². The van der Waals surface area contributed by atoms with Crippen LogP contribution in [0.5, 0.6) is 17.2 Å². The number of methoxy groups -OCH3 is 2. The van der Waals surface area contributed by atoms with Gasteiger partial charge >= 0.3 is 0 Å². The highest BCUT2D eigenvalue weighted by Gasteiger charge is 2.48. The van der Waals surface area contributed by atoms with Crippen LogP contribution in [0.15, 0.2) is 42.0 Å². The van der Waals surface area contributed by atoms with Gasteiger partial charge in [0.2, 0.25) is 0 Å². The van der Waals surface area contributed by atoms with Gasteiger partial charge in [0.15, 0.2) is 11.5 Å². The van der Waals surface area contributed by atoms with E-state index in [0.29, 0.717) is 35.7 Å². The second kappa shape index (κ2) is 9.26. The molecule has 0 saturated carbocycles.